The van der Waals surface area contributed by atoms with E-state index in [4.69, 9.17) is 20.9 Å². The summed E-state index contributed by atoms with van der Waals surface area (Å²) in [6, 6.07) is -5.33. The first kappa shape index (κ1) is 47.4. The minimum Gasteiger partial charge on any atom is -0.379 e. The maximum absolute atomic E-state index is 13.8. The van der Waals surface area contributed by atoms with Crippen LogP contribution >= 0.6 is 12.6 Å². The molecule has 302 valence electrons. The lowest BCUT2D eigenvalue weighted by Crippen LogP contribution is -2.58. The number of unbranched alkanes of at least 4 members (excludes halogenated alkanes) is 1. The van der Waals surface area contributed by atoms with Crippen LogP contribution in [-0.2, 0) is 47.8 Å². The van der Waals surface area contributed by atoms with Gasteiger partial charge in [-0.25, -0.2) is 0 Å². The Labute approximate surface area is 317 Å². The fourth-order valence-electron chi connectivity index (χ4n) is 5.47. The molecule has 1 aliphatic rings. The molecule has 0 aromatic carbocycles. The molecule has 0 spiro atoms. The smallest absolute Gasteiger partial charge is 0.246 e. The second kappa shape index (κ2) is 26.2. The van der Waals surface area contributed by atoms with Crippen LogP contribution in [0, 0.1) is 11.8 Å². The van der Waals surface area contributed by atoms with E-state index >= 15 is 0 Å². The van der Waals surface area contributed by atoms with Crippen molar-refractivity contribution in [3.8, 4) is 0 Å². The number of nitrogens with one attached hydrogen (secondary N) is 5. The molecule has 6 amide bonds. The summed E-state index contributed by atoms with van der Waals surface area (Å²) in [5.74, 6) is -5.01. The summed E-state index contributed by atoms with van der Waals surface area (Å²) in [5, 5.41) is 13.3. The number of hydrogen-bond acceptors (Lipinski definition) is 12. The second-order valence-electron chi connectivity index (χ2n) is 13.9. The predicted molar refractivity (Wildman–Crippen MR) is 199 cm³/mol. The van der Waals surface area contributed by atoms with Gasteiger partial charge in [0.15, 0.2) is 11.6 Å². The Hall–Kier alpha value is -3.61. The lowest BCUT2D eigenvalue weighted by molar-refractivity contribution is -0.135. The summed E-state index contributed by atoms with van der Waals surface area (Å²) in [7, 11) is 0. The van der Waals surface area contributed by atoms with Crippen LogP contribution in [0.25, 0.3) is 0 Å². The van der Waals surface area contributed by atoms with E-state index in [0.29, 0.717) is 25.8 Å². The van der Waals surface area contributed by atoms with Crippen molar-refractivity contribution >= 4 is 59.6 Å². The van der Waals surface area contributed by atoms with Gasteiger partial charge in [0.2, 0.25) is 35.4 Å². The van der Waals surface area contributed by atoms with Gasteiger partial charge >= 0.3 is 0 Å². The molecule has 0 aromatic heterocycles. The summed E-state index contributed by atoms with van der Waals surface area (Å²) >= 11 is 4.14. The van der Waals surface area contributed by atoms with Crippen molar-refractivity contribution in [2.24, 2.45) is 23.3 Å². The molecule has 1 fully saturated rings. The fourth-order valence-corrected chi connectivity index (χ4v) is 5.76. The Morgan fingerprint density at radius 1 is 0.717 bits per heavy atom. The molecule has 5 atom stereocenters. The van der Waals surface area contributed by atoms with Gasteiger partial charge in [-0.05, 0) is 56.9 Å². The van der Waals surface area contributed by atoms with Crippen LogP contribution in [0.4, 0.5) is 0 Å². The molecule has 1 rings (SSSR count). The number of ether oxygens (including phenoxy) is 2. The van der Waals surface area contributed by atoms with Crippen LogP contribution in [0.5, 0.6) is 0 Å². The summed E-state index contributed by atoms with van der Waals surface area (Å²) in [5.41, 5.74) is 11.0. The van der Waals surface area contributed by atoms with Gasteiger partial charge in [0, 0.05) is 38.0 Å². The van der Waals surface area contributed by atoms with E-state index in [-0.39, 0.29) is 94.7 Å². The van der Waals surface area contributed by atoms with E-state index in [0.717, 1.165) is 0 Å². The van der Waals surface area contributed by atoms with Crippen molar-refractivity contribution in [3.05, 3.63) is 0 Å². The van der Waals surface area contributed by atoms with Crippen LogP contribution in [0.3, 0.4) is 0 Å². The van der Waals surface area contributed by atoms with Crippen molar-refractivity contribution in [1.29, 1.82) is 0 Å². The molecule has 0 unspecified atom stereocenters. The molecule has 0 aliphatic carbocycles. The minimum absolute atomic E-state index is 0.0347. The molecule has 0 bridgehead atoms. The lowest BCUT2D eigenvalue weighted by Gasteiger charge is -2.28. The van der Waals surface area contributed by atoms with E-state index < -0.39 is 71.4 Å². The van der Waals surface area contributed by atoms with Crippen molar-refractivity contribution in [1.82, 2.24) is 26.6 Å². The van der Waals surface area contributed by atoms with Gasteiger partial charge in [-0.2, -0.15) is 12.6 Å². The zero-order valence-corrected chi connectivity index (χ0v) is 32.4. The standard InChI is InChI=1S/C35H61N7O10S/c1-21(2)18-25-35(50)42-32(22(3)4)28(44)9-7-15-51-16-17-52-19-31(47)39-26(20-53)27(43)11-13-30(46)38-24(10-12-29(37)45)34(49)40-23(33(48)41-25)8-5-6-14-36/h21-26,32,53H,5-20,36H2,1-4H3,(H2,37,45)(H,38,46)(H,39,47)(H,40,49)(H,41,48)(H,42,50)/t23-,24-,25-,26-,32-/m0/s1. The first-order chi connectivity index (χ1) is 25.1. The summed E-state index contributed by atoms with van der Waals surface area (Å²) in [6.07, 6.45) is 0.756. The second-order valence-corrected chi connectivity index (χ2v) is 14.3. The first-order valence-corrected chi connectivity index (χ1v) is 19.0. The van der Waals surface area contributed by atoms with Crippen LogP contribution < -0.4 is 38.1 Å². The van der Waals surface area contributed by atoms with Crippen molar-refractivity contribution < 1.29 is 47.8 Å². The van der Waals surface area contributed by atoms with Crippen LogP contribution in [0.15, 0.2) is 0 Å². The van der Waals surface area contributed by atoms with E-state index in [1.165, 1.54) is 0 Å². The molecule has 0 aromatic rings. The number of rotatable bonds is 11. The topological polar surface area (TPSA) is 267 Å². The molecule has 53 heavy (non-hydrogen) atoms. The monoisotopic (exact) mass is 771 g/mol. The van der Waals surface area contributed by atoms with Crippen molar-refractivity contribution in [2.45, 2.75) is 122 Å². The number of ketones is 2. The van der Waals surface area contributed by atoms with Gasteiger partial charge in [0.25, 0.3) is 0 Å². The number of primary amides is 1. The van der Waals surface area contributed by atoms with Gasteiger partial charge in [-0.15, -0.1) is 0 Å². The summed E-state index contributed by atoms with van der Waals surface area (Å²) in [6.45, 7) is 7.79. The summed E-state index contributed by atoms with van der Waals surface area (Å²) < 4.78 is 10.9. The Morgan fingerprint density at radius 2 is 1.32 bits per heavy atom. The van der Waals surface area contributed by atoms with Crippen molar-refractivity contribution in [3.63, 3.8) is 0 Å². The lowest BCUT2D eigenvalue weighted by atomic mass is 9.95. The molecule has 0 radical (unpaired) electrons. The maximum atomic E-state index is 13.8. The number of carbonyl (C=O) groups excluding carboxylic acids is 8. The minimum atomic E-state index is -1.30. The third-order valence-electron chi connectivity index (χ3n) is 8.38. The number of nitrogens with two attached hydrogens (primary N) is 2. The highest BCUT2D eigenvalue weighted by molar-refractivity contribution is 7.80. The van der Waals surface area contributed by atoms with Crippen molar-refractivity contribution in [2.75, 3.05) is 38.7 Å². The number of thiol groups is 1. The van der Waals surface area contributed by atoms with Gasteiger partial charge in [0.05, 0.1) is 25.3 Å². The zero-order valence-electron chi connectivity index (χ0n) is 31.5. The normalized spacial score (nSPS) is 24.8. The molecule has 1 aliphatic heterocycles. The van der Waals surface area contributed by atoms with E-state index in [2.05, 4.69) is 39.2 Å². The zero-order chi connectivity index (χ0) is 39.9. The number of hydrogen-bond donors (Lipinski definition) is 8. The molecular weight excluding hydrogens is 710 g/mol. The average Bonchev–Trinajstić information content (AvgIpc) is 3.09. The highest BCUT2D eigenvalue weighted by Gasteiger charge is 2.32. The van der Waals surface area contributed by atoms with Crippen LogP contribution in [0.2, 0.25) is 0 Å². The van der Waals surface area contributed by atoms with Gasteiger partial charge in [-0.1, -0.05) is 27.7 Å². The van der Waals surface area contributed by atoms with E-state index in [1.807, 2.05) is 13.8 Å². The van der Waals surface area contributed by atoms with Crippen LogP contribution in [-0.4, -0.2) is 116 Å². The van der Waals surface area contributed by atoms with Gasteiger partial charge in [-0.3, -0.25) is 38.4 Å². The maximum Gasteiger partial charge on any atom is 0.246 e. The quantitative estimate of drug-likeness (QED) is 0.0950. The summed E-state index contributed by atoms with van der Waals surface area (Å²) in [4.78, 5) is 104. The highest BCUT2D eigenvalue weighted by Crippen LogP contribution is 2.12. The van der Waals surface area contributed by atoms with E-state index in [9.17, 15) is 38.4 Å². The third kappa shape index (κ3) is 19.9. The molecule has 17 nitrogen and oxygen atoms in total. The SMILES string of the molecule is CC(C)C[C@@H]1NC(=O)[C@H](CCCCN)NC(=O)[C@H](CCC(N)=O)NC(=O)CCC(=O)[C@H](CS)NC(=O)COCCOCCCC(=O)[C@H](C(C)C)NC1=O. The van der Waals surface area contributed by atoms with Crippen LogP contribution in [0.1, 0.15) is 91.9 Å². The number of amides is 6. The molecule has 1 saturated heterocycles. The van der Waals surface area contributed by atoms with Gasteiger partial charge < -0.3 is 47.5 Å². The largest absolute Gasteiger partial charge is 0.379 e. The highest BCUT2D eigenvalue weighted by atomic mass is 32.1. The number of carbonyl (C=O) groups is 8. The van der Waals surface area contributed by atoms with E-state index in [1.54, 1.807) is 13.8 Å². The Balaban J connectivity index is 3.40. The Kier molecular flexibility index (Phi) is 23.4. The fraction of sp³-hybridized carbons (Fsp3) is 0.771. The Morgan fingerprint density at radius 3 is 1.92 bits per heavy atom. The molecule has 0 saturated carbocycles. The predicted octanol–water partition coefficient (Wildman–Crippen LogP) is -0.818. The molecular formula is C35H61N7O10S. The third-order valence-corrected chi connectivity index (χ3v) is 8.75. The van der Waals surface area contributed by atoms with Gasteiger partial charge in [0.1, 0.15) is 24.7 Å². The number of Topliss-reactive ketones (excluding diaryl/α,β-unsaturated/α-hetero) is 2. The Bertz CT molecular complexity index is 1240. The molecule has 18 heteroatoms. The molecule has 1 heterocycles. The first-order valence-electron chi connectivity index (χ1n) is 18.4. The molecule has 9 N–H and O–H groups in total. The average molecular weight is 772 g/mol.